The predicted octanol–water partition coefficient (Wildman–Crippen LogP) is 1.45. The molecule has 0 saturated carbocycles. The lowest BCUT2D eigenvalue weighted by atomic mass is 10.1. The number of carbonyl (C=O) groups is 1. The van der Waals surface area contributed by atoms with Gasteiger partial charge in [0.05, 0.1) is 16.7 Å². The number of rotatable bonds is 4. The molecule has 2 N–H and O–H groups in total. The molecule has 8 nitrogen and oxygen atoms in total. The molecular weight excluding hydrogens is 387 g/mol. The van der Waals surface area contributed by atoms with Gasteiger partial charge in [0.2, 0.25) is 5.95 Å². The van der Waals surface area contributed by atoms with Crippen molar-refractivity contribution in [3.8, 4) is 0 Å². The molecule has 3 aromatic rings. The van der Waals surface area contributed by atoms with E-state index in [9.17, 15) is 14.0 Å². The summed E-state index contributed by atoms with van der Waals surface area (Å²) in [6, 6.07) is 8.54. The van der Waals surface area contributed by atoms with Crippen LogP contribution >= 0.6 is 0 Å². The standard InChI is InChI=1S/C21H23FN6O2/c1-13-20(29)26-17-11-14(3-4-15(17)24-13)12-27-7-9-28(10-8-27)18-6-5-16(21(30)23-2)25-19(18)22/h3-6,11H,7-10,12H2,1-2H3,(H,23,30)(H,26,29)/i2D3. The van der Waals surface area contributed by atoms with Gasteiger partial charge in [0, 0.05) is 43.8 Å². The van der Waals surface area contributed by atoms with Crippen molar-refractivity contribution >= 4 is 22.6 Å². The van der Waals surface area contributed by atoms with Crippen molar-refractivity contribution in [2.45, 2.75) is 13.5 Å². The molecule has 0 radical (unpaired) electrons. The molecule has 0 spiro atoms. The van der Waals surface area contributed by atoms with Gasteiger partial charge in [0.25, 0.3) is 11.5 Å². The zero-order valence-corrected chi connectivity index (χ0v) is 16.4. The Morgan fingerprint density at radius 2 is 2.03 bits per heavy atom. The second-order valence-electron chi connectivity index (χ2n) is 7.23. The Hall–Kier alpha value is -3.33. The van der Waals surface area contributed by atoms with Crippen LogP contribution in [0.2, 0.25) is 0 Å². The second kappa shape index (κ2) is 8.19. The zero-order valence-electron chi connectivity index (χ0n) is 19.4. The summed E-state index contributed by atoms with van der Waals surface area (Å²) in [5.74, 6) is -1.77. The average Bonchev–Trinajstić information content (AvgIpc) is 2.74. The summed E-state index contributed by atoms with van der Waals surface area (Å²) in [6.45, 7) is 2.16. The van der Waals surface area contributed by atoms with Crippen molar-refractivity contribution in [3.63, 3.8) is 0 Å². The van der Waals surface area contributed by atoms with E-state index in [1.54, 1.807) is 12.2 Å². The van der Waals surface area contributed by atoms with Gasteiger partial charge in [-0.15, -0.1) is 0 Å². The Bertz CT molecular complexity index is 1250. The fourth-order valence-electron chi connectivity index (χ4n) is 3.58. The Labute approximate surface area is 177 Å². The number of piperazine rings is 1. The number of nitrogens with zero attached hydrogens (tertiary/aromatic N) is 4. The molecule has 0 unspecified atom stereocenters. The Morgan fingerprint density at radius 3 is 2.77 bits per heavy atom. The number of fused-ring (bicyclic) bond motifs is 1. The third kappa shape index (κ3) is 4.02. The van der Waals surface area contributed by atoms with E-state index >= 15 is 0 Å². The monoisotopic (exact) mass is 413 g/mol. The third-order valence-corrected chi connectivity index (χ3v) is 5.22. The minimum Gasteiger partial charge on any atom is -0.365 e. The summed E-state index contributed by atoms with van der Waals surface area (Å²) >= 11 is 0. The van der Waals surface area contributed by atoms with Crippen LogP contribution in [0.1, 0.15) is 25.9 Å². The van der Waals surface area contributed by atoms with Crippen LogP contribution in [-0.2, 0) is 6.54 Å². The fraction of sp³-hybridized carbons (Fsp3) is 0.333. The smallest absolute Gasteiger partial charge is 0.269 e. The van der Waals surface area contributed by atoms with E-state index in [1.807, 2.05) is 23.1 Å². The van der Waals surface area contributed by atoms with Gasteiger partial charge in [0.1, 0.15) is 11.4 Å². The number of benzene rings is 1. The average molecular weight is 413 g/mol. The summed E-state index contributed by atoms with van der Waals surface area (Å²) in [5.41, 5.74) is 2.67. The molecule has 0 bridgehead atoms. The fourth-order valence-corrected chi connectivity index (χ4v) is 3.58. The zero-order chi connectivity index (χ0) is 23.8. The first-order chi connectivity index (χ1) is 15.6. The number of hydrogen-bond acceptors (Lipinski definition) is 6. The van der Waals surface area contributed by atoms with Crippen LogP contribution < -0.4 is 15.8 Å². The molecule has 1 aliphatic rings. The van der Waals surface area contributed by atoms with Gasteiger partial charge in [-0.1, -0.05) is 6.07 Å². The Kier molecular flexibility index (Phi) is 4.50. The van der Waals surface area contributed by atoms with E-state index in [0.29, 0.717) is 43.9 Å². The normalized spacial score (nSPS) is 16.7. The number of H-pyrrole nitrogens is 1. The molecule has 1 fully saturated rings. The van der Waals surface area contributed by atoms with Gasteiger partial charge in [-0.3, -0.25) is 14.5 Å². The van der Waals surface area contributed by atoms with Gasteiger partial charge in [0.15, 0.2) is 0 Å². The first kappa shape index (κ1) is 16.5. The van der Waals surface area contributed by atoms with Crippen molar-refractivity contribution in [1.82, 2.24) is 25.2 Å². The molecule has 3 heterocycles. The lowest BCUT2D eigenvalue weighted by Crippen LogP contribution is -2.46. The van der Waals surface area contributed by atoms with Crippen molar-refractivity contribution in [3.05, 3.63) is 63.6 Å². The maximum Gasteiger partial charge on any atom is 0.269 e. The van der Waals surface area contributed by atoms with Gasteiger partial charge in [-0.05, 0) is 36.8 Å². The third-order valence-electron chi connectivity index (χ3n) is 5.22. The van der Waals surface area contributed by atoms with Gasteiger partial charge in [-0.25, -0.2) is 9.97 Å². The van der Waals surface area contributed by atoms with Crippen LogP contribution in [-0.4, -0.2) is 58.9 Å². The maximum absolute atomic E-state index is 14.6. The molecule has 0 atom stereocenters. The van der Waals surface area contributed by atoms with E-state index in [4.69, 9.17) is 4.11 Å². The molecule has 9 heteroatoms. The number of aryl methyl sites for hydroxylation is 1. The van der Waals surface area contributed by atoms with Crippen LogP contribution in [0, 0.1) is 12.9 Å². The number of hydrogen-bond donors (Lipinski definition) is 2. The molecule has 1 aromatic carbocycles. The van der Waals surface area contributed by atoms with Gasteiger partial charge in [-0.2, -0.15) is 4.39 Å². The van der Waals surface area contributed by atoms with Gasteiger partial charge >= 0.3 is 0 Å². The number of carbonyl (C=O) groups excluding carboxylic acids is 1. The highest BCUT2D eigenvalue weighted by molar-refractivity contribution is 5.92. The van der Waals surface area contributed by atoms with E-state index < -0.39 is 18.8 Å². The quantitative estimate of drug-likeness (QED) is 0.629. The number of aromatic nitrogens is 3. The minimum absolute atomic E-state index is 0.203. The number of nitrogens with one attached hydrogen (secondary N) is 2. The first-order valence-electron chi connectivity index (χ1n) is 11.0. The maximum atomic E-state index is 14.6. The molecule has 156 valence electrons. The summed E-state index contributed by atoms with van der Waals surface area (Å²) < 4.78 is 35.8. The molecule has 0 aliphatic carbocycles. The number of aromatic amines is 1. The lowest BCUT2D eigenvalue weighted by molar-refractivity contribution is 0.0957. The van der Waals surface area contributed by atoms with Crippen molar-refractivity contribution in [1.29, 1.82) is 0 Å². The number of amides is 1. The van der Waals surface area contributed by atoms with Crippen molar-refractivity contribution in [2.75, 3.05) is 38.1 Å². The summed E-state index contributed by atoms with van der Waals surface area (Å²) in [5, 5.41) is 1.80. The molecule has 1 amide bonds. The highest BCUT2D eigenvalue weighted by atomic mass is 19.1. The second-order valence-corrected chi connectivity index (χ2v) is 7.23. The molecule has 2 aromatic heterocycles. The number of halogens is 1. The lowest BCUT2D eigenvalue weighted by Gasteiger charge is -2.36. The van der Waals surface area contributed by atoms with Crippen LogP contribution in [0.15, 0.2) is 35.1 Å². The number of pyridine rings is 1. The van der Waals surface area contributed by atoms with Crippen LogP contribution in [0.5, 0.6) is 0 Å². The van der Waals surface area contributed by atoms with E-state index in [-0.39, 0.29) is 16.9 Å². The largest absolute Gasteiger partial charge is 0.365 e. The molecule has 1 aliphatic heterocycles. The van der Waals surface area contributed by atoms with Crippen molar-refractivity contribution in [2.24, 2.45) is 0 Å². The Balaban J connectivity index is 1.39. The highest BCUT2D eigenvalue weighted by Crippen LogP contribution is 2.21. The molecule has 1 saturated heterocycles. The van der Waals surface area contributed by atoms with E-state index in [0.717, 1.165) is 11.1 Å². The van der Waals surface area contributed by atoms with E-state index in [2.05, 4.69) is 19.9 Å². The molecular formula is C21H23FN6O2. The van der Waals surface area contributed by atoms with Crippen LogP contribution in [0.4, 0.5) is 10.1 Å². The Morgan fingerprint density at radius 1 is 1.23 bits per heavy atom. The molecule has 30 heavy (non-hydrogen) atoms. The van der Waals surface area contributed by atoms with E-state index in [1.165, 1.54) is 12.1 Å². The van der Waals surface area contributed by atoms with Crippen LogP contribution in [0.25, 0.3) is 11.0 Å². The van der Waals surface area contributed by atoms with Gasteiger partial charge < -0.3 is 15.2 Å². The predicted molar refractivity (Wildman–Crippen MR) is 112 cm³/mol. The molecule has 4 rings (SSSR count). The summed E-state index contributed by atoms with van der Waals surface area (Å²) in [7, 11) is 0. The SMILES string of the molecule is [2H]C([2H])([2H])NC(=O)c1ccc(N2CCN(Cc3ccc4nc(C)c(=O)[nH]c4c3)CC2)c(F)n1. The first-order valence-corrected chi connectivity index (χ1v) is 9.55. The highest BCUT2D eigenvalue weighted by Gasteiger charge is 2.21. The van der Waals surface area contributed by atoms with Crippen LogP contribution in [0.3, 0.4) is 0 Å². The summed E-state index contributed by atoms with van der Waals surface area (Å²) in [4.78, 5) is 38.6. The summed E-state index contributed by atoms with van der Waals surface area (Å²) in [6.07, 6.45) is 0. The topological polar surface area (TPSA) is 94.2 Å². The minimum atomic E-state index is -2.67. The van der Waals surface area contributed by atoms with Crippen molar-refractivity contribution < 1.29 is 13.3 Å². The number of anilines is 1.